The molecule has 1 aliphatic heterocycles. The van der Waals surface area contributed by atoms with E-state index in [1.807, 2.05) is 0 Å². The van der Waals surface area contributed by atoms with Gasteiger partial charge in [0.15, 0.2) is 0 Å². The zero-order chi connectivity index (χ0) is 13.8. The molecule has 2 rings (SSSR count). The van der Waals surface area contributed by atoms with Crippen LogP contribution in [-0.2, 0) is 0 Å². The number of piperazine rings is 1. The Bertz CT molecular complexity index is 383. The van der Waals surface area contributed by atoms with Crippen molar-refractivity contribution in [2.24, 2.45) is 0 Å². The average molecular weight is 260 g/mol. The predicted molar refractivity (Wildman–Crippen MR) is 84.1 cm³/mol. The van der Waals surface area contributed by atoms with Gasteiger partial charge in [0.1, 0.15) is 0 Å². The van der Waals surface area contributed by atoms with Gasteiger partial charge < -0.3 is 4.90 Å². The van der Waals surface area contributed by atoms with Crippen LogP contribution in [0, 0.1) is 0 Å². The molecular weight excluding hydrogens is 232 g/mol. The number of benzene rings is 1. The molecule has 0 N–H and O–H groups in total. The van der Waals surface area contributed by atoms with Gasteiger partial charge in [0.2, 0.25) is 0 Å². The zero-order valence-electron chi connectivity index (χ0n) is 12.9. The molecule has 1 atom stereocenters. The fourth-order valence-corrected chi connectivity index (χ4v) is 2.92. The normalized spacial score (nSPS) is 21.1. The summed E-state index contributed by atoms with van der Waals surface area (Å²) in [5.74, 6) is 0.620. The van der Waals surface area contributed by atoms with Gasteiger partial charge in [-0.2, -0.15) is 0 Å². The monoisotopic (exact) mass is 260 g/mol. The van der Waals surface area contributed by atoms with Crippen molar-refractivity contribution in [3.8, 4) is 0 Å². The Morgan fingerprint density at radius 3 is 2.37 bits per heavy atom. The van der Waals surface area contributed by atoms with E-state index in [0.717, 1.165) is 13.1 Å². The standard InChI is InChI=1S/C17H28N2/c1-5-10-18-11-12-19(13-15(18)4)17-8-6-16(7-9-17)14(2)3/h6-9,14-15H,5,10-13H2,1-4H3. The number of anilines is 1. The maximum Gasteiger partial charge on any atom is 0.0367 e. The molecule has 1 fully saturated rings. The topological polar surface area (TPSA) is 6.48 Å². The lowest BCUT2D eigenvalue weighted by atomic mass is 10.0. The van der Waals surface area contributed by atoms with Crippen molar-refractivity contribution < 1.29 is 0 Å². The van der Waals surface area contributed by atoms with Crippen LogP contribution >= 0.6 is 0 Å². The lowest BCUT2D eigenvalue weighted by molar-refractivity contribution is 0.190. The predicted octanol–water partition coefficient (Wildman–Crippen LogP) is 3.73. The molecule has 0 aliphatic carbocycles. The third kappa shape index (κ3) is 3.50. The van der Waals surface area contributed by atoms with Gasteiger partial charge in [-0.15, -0.1) is 0 Å². The summed E-state index contributed by atoms with van der Waals surface area (Å²) in [5, 5.41) is 0. The van der Waals surface area contributed by atoms with Crippen LogP contribution in [0.3, 0.4) is 0 Å². The first-order valence-electron chi connectivity index (χ1n) is 7.70. The third-order valence-electron chi connectivity index (χ3n) is 4.20. The summed E-state index contributed by atoms with van der Waals surface area (Å²) < 4.78 is 0. The molecular formula is C17H28N2. The van der Waals surface area contributed by atoms with Gasteiger partial charge in [-0.3, -0.25) is 4.90 Å². The molecule has 1 saturated heterocycles. The molecule has 1 heterocycles. The molecule has 0 radical (unpaired) electrons. The second kappa shape index (κ2) is 6.42. The summed E-state index contributed by atoms with van der Waals surface area (Å²) in [7, 11) is 0. The van der Waals surface area contributed by atoms with E-state index in [-0.39, 0.29) is 0 Å². The zero-order valence-corrected chi connectivity index (χ0v) is 12.9. The highest BCUT2D eigenvalue weighted by molar-refractivity contribution is 5.48. The SMILES string of the molecule is CCCN1CCN(c2ccc(C(C)C)cc2)CC1C. The van der Waals surface area contributed by atoms with Crippen molar-refractivity contribution in [1.29, 1.82) is 0 Å². The molecule has 2 heteroatoms. The van der Waals surface area contributed by atoms with Gasteiger partial charge in [0.25, 0.3) is 0 Å². The Morgan fingerprint density at radius 1 is 1.16 bits per heavy atom. The molecule has 106 valence electrons. The largest absolute Gasteiger partial charge is 0.369 e. The molecule has 1 aromatic carbocycles. The minimum atomic E-state index is 0.620. The van der Waals surface area contributed by atoms with Crippen LogP contribution in [0.2, 0.25) is 0 Å². The average Bonchev–Trinajstić information content (AvgIpc) is 2.41. The Morgan fingerprint density at radius 2 is 1.84 bits per heavy atom. The van der Waals surface area contributed by atoms with E-state index in [1.54, 1.807) is 0 Å². The number of hydrogen-bond donors (Lipinski definition) is 0. The van der Waals surface area contributed by atoms with Gasteiger partial charge in [-0.25, -0.2) is 0 Å². The van der Waals surface area contributed by atoms with Gasteiger partial charge >= 0.3 is 0 Å². The van der Waals surface area contributed by atoms with Crippen LogP contribution in [0.4, 0.5) is 5.69 Å². The van der Waals surface area contributed by atoms with E-state index in [2.05, 4.69) is 61.8 Å². The molecule has 1 aliphatic rings. The van der Waals surface area contributed by atoms with Gasteiger partial charge in [-0.05, 0) is 43.5 Å². The molecule has 0 aromatic heterocycles. The fourth-order valence-electron chi connectivity index (χ4n) is 2.92. The summed E-state index contributed by atoms with van der Waals surface area (Å²) >= 11 is 0. The van der Waals surface area contributed by atoms with E-state index in [9.17, 15) is 0 Å². The molecule has 19 heavy (non-hydrogen) atoms. The van der Waals surface area contributed by atoms with Crippen molar-refractivity contribution in [3.63, 3.8) is 0 Å². The van der Waals surface area contributed by atoms with Gasteiger partial charge in [0, 0.05) is 31.4 Å². The summed E-state index contributed by atoms with van der Waals surface area (Å²) in [5.41, 5.74) is 2.81. The lowest BCUT2D eigenvalue weighted by Gasteiger charge is -2.41. The Kier molecular flexibility index (Phi) is 4.87. The van der Waals surface area contributed by atoms with Gasteiger partial charge in [-0.1, -0.05) is 32.9 Å². The highest BCUT2D eigenvalue weighted by Gasteiger charge is 2.22. The summed E-state index contributed by atoms with van der Waals surface area (Å²) in [6.07, 6.45) is 1.26. The van der Waals surface area contributed by atoms with Crippen molar-refractivity contribution in [2.45, 2.75) is 46.1 Å². The molecule has 0 amide bonds. The van der Waals surface area contributed by atoms with Crippen molar-refractivity contribution in [1.82, 2.24) is 4.90 Å². The summed E-state index contributed by atoms with van der Waals surface area (Å²) in [6.45, 7) is 13.9. The second-order valence-electron chi connectivity index (χ2n) is 6.08. The second-order valence-corrected chi connectivity index (χ2v) is 6.08. The smallest absolute Gasteiger partial charge is 0.0367 e. The minimum Gasteiger partial charge on any atom is -0.369 e. The third-order valence-corrected chi connectivity index (χ3v) is 4.20. The van der Waals surface area contributed by atoms with E-state index in [4.69, 9.17) is 0 Å². The van der Waals surface area contributed by atoms with Crippen LogP contribution < -0.4 is 4.90 Å². The first-order valence-corrected chi connectivity index (χ1v) is 7.70. The first kappa shape index (κ1) is 14.4. The summed E-state index contributed by atoms with van der Waals surface area (Å²) in [4.78, 5) is 5.14. The highest BCUT2D eigenvalue weighted by Crippen LogP contribution is 2.22. The number of nitrogens with zero attached hydrogens (tertiary/aromatic N) is 2. The van der Waals surface area contributed by atoms with Crippen LogP contribution in [0.25, 0.3) is 0 Å². The van der Waals surface area contributed by atoms with Crippen LogP contribution in [0.1, 0.15) is 45.6 Å². The van der Waals surface area contributed by atoms with E-state index in [1.165, 1.54) is 30.8 Å². The van der Waals surface area contributed by atoms with Crippen LogP contribution in [-0.4, -0.2) is 37.1 Å². The molecule has 0 saturated carbocycles. The van der Waals surface area contributed by atoms with E-state index >= 15 is 0 Å². The minimum absolute atomic E-state index is 0.620. The molecule has 0 bridgehead atoms. The molecule has 1 aromatic rings. The Hall–Kier alpha value is -1.02. The quantitative estimate of drug-likeness (QED) is 0.814. The van der Waals surface area contributed by atoms with Crippen LogP contribution in [0.15, 0.2) is 24.3 Å². The maximum atomic E-state index is 2.61. The maximum absolute atomic E-state index is 2.61. The summed E-state index contributed by atoms with van der Waals surface area (Å²) in [6, 6.07) is 9.81. The van der Waals surface area contributed by atoms with Crippen molar-refractivity contribution in [3.05, 3.63) is 29.8 Å². The van der Waals surface area contributed by atoms with E-state index < -0.39 is 0 Å². The number of rotatable bonds is 4. The first-order chi connectivity index (χ1) is 9.11. The van der Waals surface area contributed by atoms with Crippen molar-refractivity contribution in [2.75, 3.05) is 31.1 Å². The van der Waals surface area contributed by atoms with Gasteiger partial charge in [0.05, 0.1) is 0 Å². The van der Waals surface area contributed by atoms with Crippen LogP contribution in [0.5, 0.6) is 0 Å². The molecule has 2 nitrogen and oxygen atoms in total. The van der Waals surface area contributed by atoms with E-state index in [0.29, 0.717) is 12.0 Å². The fraction of sp³-hybridized carbons (Fsp3) is 0.647. The number of hydrogen-bond acceptors (Lipinski definition) is 2. The highest BCUT2D eigenvalue weighted by atomic mass is 15.3. The Balaban J connectivity index is 2.00. The van der Waals surface area contributed by atoms with Crippen molar-refractivity contribution >= 4 is 5.69 Å². The molecule has 1 unspecified atom stereocenters. The molecule has 0 spiro atoms. The lowest BCUT2D eigenvalue weighted by Crippen LogP contribution is -2.52. The Labute approximate surface area is 118 Å².